The number of alkyl halides is 3. The summed E-state index contributed by atoms with van der Waals surface area (Å²) in [5.41, 5.74) is -0.387. The maximum Gasteiger partial charge on any atom is 0.419 e. The normalized spacial score (nSPS) is 16.5. The lowest BCUT2D eigenvalue weighted by Crippen LogP contribution is -2.25. The molecule has 2 N–H and O–H groups in total. The van der Waals surface area contributed by atoms with Crippen LogP contribution in [0.1, 0.15) is 37.0 Å². The maximum absolute atomic E-state index is 14.3. The minimum Gasteiger partial charge on any atom is -0.473 e. The zero-order chi connectivity index (χ0) is 29.8. The topological polar surface area (TPSA) is 95.9 Å². The molecule has 0 unspecified atom stereocenters. The van der Waals surface area contributed by atoms with Crippen LogP contribution >= 0.6 is 0 Å². The van der Waals surface area contributed by atoms with Crippen molar-refractivity contribution < 1.29 is 41.3 Å². The number of ether oxygens (including phenoxy) is 4. The van der Waals surface area contributed by atoms with Gasteiger partial charge in [0.15, 0.2) is 5.79 Å². The van der Waals surface area contributed by atoms with Gasteiger partial charge in [-0.05, 0) is 63.4 Å². The van der Waals surface area contributed by atoms with Crippen LogP contribution in [0.2, 0.25) is 0 Å². The van der Waals surface area contributed by atoms with E-state index in [9.17, 15) is 22.4 Å². The lowest BCUT2D eigenvalue weighted by atomic mass is 10.0. The summed E-state index contributed by atoms with van der Waals surface area (Å²) in [6, 6.07) is 9.44. The molecule has 1 fully saturated rings. The number of amides is 2. The molecule has 0 aliphatic carbocycles. The highest BCUT2D eigenvalue weighted by atomic mass is 19.4. The predicted octanol–water partition coefficient (Wildman–Crippen LogP) is 6.09. The summed E-state index contributed by atoms with van der Waals surface area (Å²) in [4.78, 5) is 13.2. The number of anilines is 2. The molecule has 1 aliphatic rings. The Hall–Kier alpha value is -3.68. The summed E-state index contributed by atoms with van der Waals surface area (Å²) in [6.07, 6.45) is -4.68. The fraction of sp³-hybridized carbons (Fsp3) is 0.429. The van der Waals surface area contributed by atoms with Crippen LogP contribution in [0.4, 0.5) is 33.9 Å². The van der Waals surface area contributed by atoms with Crippen LogP contribution in [0.3, 0.4) is 0 Å². The minimum absolute atomic E-state index is 0.141. The van der Waals surface area contributed by atoms with Crippen LogP contribution in [0.5, 0.6) is 5.88 Å². The molecule has 13 heteroatoms. The largest absolute Gasteiger partial charge is 0.473 e. The molecule has 1 aromatic heterocycles. The second-order valence-corrected chi connectivity index (χ2v) is 9.95. The Morgan fingerprint density at radius 1 is 1.20 bits per heavy atom. The molecule has 2 aromatic carbocycles. The summed E-state index contributed by atoms with van der Waals surface area (Å²) in [5.74, 6) is -1.70. The first-order valence-electron chi connectivity index (χ1n) is 12.9. The molecule has 3 aromatic rings. The Labute approximate surface area is 234 Å². The maximum atomic E-state index is 14.3. The monoisotopic (exact) mass is 580 g/mol. The zero-order valence-electron chi connectivity index (χ0n) is 23.1. The number of hydrogen-bond acceptors (Lipinski definition) is 6. The van der Waals surface area contributed by atoms with Crippen molar-refractivity contribution in [2.45, 2.75) is 51.7 Å². The lowest BCUT2D eigenvalue weighted by molar-refractivity contribution is -0.141. The van der Waals surface area contributed by atoms with Crippen LogP contribution < -0.4 is 15.4 Å². The summed E-state index contributed by atoms with van der Waals surface area (Å²) < 4.78 is 78.3. The van der Waals surface area contributed by atoms with E-state index in [0.29, 0.717) is 37.0 Å². The molecule has 1 saturated heterocycles. The molecule has 41 heavy (non-hydrogen) atoms. The molecular weight excluding hydrogens is 548 g/mol. The van der Waals surface area contributed by atoms with Crippen molar-refractivity contribution in [3.8, 4) is 11.6 Å². The molecule has 9 nitrogen and oxygen atoms in total. The van der Waals surface area contributed by atoms with Gasteiger partial charge in [0.2, 0.25) is 5.88 Å². The molecule has 0 saturated carbocycles. The predicted molar refractivity (Wildman–Crippen MR) is 143 cm³/mol. The van der Waals surface area contributed by atoms with Gasteiger partial charge in [-0.1, -0.05) is 18.2 Å². The van der Waals surface area contributed by atoms with Crippen LogP contribution in [0.25, 0.3) is 5.69 Å². The first kappa shape index (κ1) is 30.3. The molecule has 0 spiro atoms. The smallest absolute Gasteiger partial charge is 0.419 e. The SMILES string of the molecule is COCCCc1cc(F)c(C(F)(F)F)cc1NC(=O)Nc1c(C)c(OC[C@H]2COC(C)(C)O2)nn1-c1ccccc1. The van der Waals surface area contributed by atoms with Gasteiger partial charge in [-0.25, -0.2) is 13.9 Å². The molecular formula is C28H32F4N4O5. The van der Waals surface area contributed by atoms with Gasteiger partial charge < -0.3 is 24.3 Å². The second-order valence-electron chi connectivity index (χ2n) is 9.95. The van der Waals surface area contributed by atoms with Crippen molar-refractivity contribution in [2.24, 2.45) is 0 Å². The summed E-state index contributed by atoms with van der Waals surface area (Å²) >= 11 is 0. The molecule has 0 radical (unpaired) electrons. The molecule has 4 rings (SSSR count). The number of nitrogens with zero attached hydrogens (tertiary/aromatic N) is 2. The van der Waals surface area contributed by atoms with Crippen molar-refractivity contribution in [3.05, 3.63) is 65.0 Å². The number of benzene rings is 2. The van der Waals surface area contributed by atoms with Crippen molar-refractivity contribution in [1.82, 2.24) is 9.78 Å². The Kier molecular flexibility index (Phi) is 9.20. The fourth-order valence-electron chi connectivity index (χ4n) is 4.36. The van der Waals surface area contributed by atoms with Crippen molar-refractivity contribution in [2.75, 3.05) is 37.6 Å². The average Bonchev–Trinajstić information content (AvgIpc) is 3.42. The van der Waals surface area contributed by atoms with Crippen LogP contribution in [-0.2, 0) is 26.8 Å². The standard InChI is InChI=1S/C28H32F4N4O5/c1-17-24(34-26(37)33-23-14-21(28(30,31)32)22(29)13-18(23)9-8-12-38-4)36(19-10-6-5-7-11-19)35-25(17)39-15-20-16-40-27(2,3)41-20/h5-7,10-11,13-14,20H,8-9,12,15-16H2,1-4H3,(H2,33,34,37)/t20-/m0/s1. The molecule has 1 aliphatic heterocycles. The zero-order valence-corrected chi connectivity index (χ0v) is 23.1. The Morgan fingerprint density at radius 2 is 1.93 bits per heavy atom. The number of hydrogen-bond donors (Lipinski definition) is 2. The number of para-hydroxylation sites is 1. The first-order valence-corrected chi connectivity index (χ1v) is 12.9. The Balaban J connectivity index is 1.60. The third kappa shape index (κ3) is 7.54. The molecule has 0 bridgehead atoms. The van der Waals surface area contributed by atoms with E-state index in [1.807, 2.05) is 6.07 Å². The second kappa shape index (κ2) is 12.5. The third-order valence-electron chi connectivity index (χ3n) is 6.33. The highest BCUT2D eigenvalue weighted by Crippen LogP contribution is 2.35. The lowest BCUT2D eigenvalue weighted by Gasteiger charge is -2.17. The quantitative estimate of drug-likeness (QED) is 0.223. The van der Waals surface area contributed by atoms with Gasteiger partial charge in [0.25, 0.3) is 0 Å². The van der Waals surface area contributed by atoms with Crippen molar-refractivity contribution in [1.29, 1.82) is 0 Å². The molecule has 2 amide bonds. The van der Waals surface area contributed by atoms with E-state index in [4.69, 9.17) is 18.9 Å². The number of carbonyl (C=O) groups is 1. The number of aromatic nitrogens is 2. The van der Waals surface area contributed by atoms with Gasteiger partial charge in [-0.3, -0.25) is 5.32 Å². The van der Waals surface area contributed by atoms with Gasteiger partial charge in [0, 0.05) is 19.4 Å². The van der Waals surface area contributed by atoms with E-state index in [2.05, 4.69) is 15.7 Å². The van der Waals surface area contributed by atoms with Gasteiger partial charge in [-0.2, -0.15) is 13.2 Å². The van der Waals surface area contributed by atoms with Crippen molar-refractivity contribution in [3.63, 3.8) is 0 Å². The summed E-state index contributed by atoms with van der Waals surface area (Å²) in [7, 11) is 1.48. The highest BCUT2D eigenvalue weighted by molar-refractivity contribution is 6.00. The Morgan fingerprint density at radius 3 is 2.56 bits per heavy atom. The minimum atomic E-state index is -4.94. The van der Waals surface area contributed by atoms with E-state index in [-0.39, 0.29) is 42.1 Å². The highest BCUT2D eigenvalue weighted by Gasteiger charge is 2.36. The number of urea groups is 1. The molecule has 2 heterocycles. The molecule has 222 valence electrons. The third-order valence-corrected chi connectivity index (χ3v) is 6.33. The van der Waals surface area contributed by atoms with E-state index in [0.717, 1.165) is 6.07 Å². The van der Waals surface area contributed by atoms with E-state index < -0.39 is 29.4 Å². The number of halogens is 4. The van der Waals surface area contributed by atoms with Crippen molar-refractivity contribution >= 4 is 17.5 Å². The number of nitrogens with one attached hydrogen (secondary N) is 2. The Bertz CT molecular complexity index is 1360. The van der Waals surface area contributed by atoms with Crippen LogP contribution in [0, 0.1) is 12.7 Å². The van der Waals surface area contributed by atoms with E-state index >= 15 is 0 Å². The number of aryl methyl sites for hydroxylation is 1. The fourth-order valence-corrected chi connectivity index (χ4v) is 4.36. The van der Waals surface area contributed by atoms with Crippen LogP contribution in [0.15, 0.2) is 42.5 Å². The van der Waals surface area contributed by atoms with Gasteiger partial charge >= 0.3 is 12.2 Å². The summed E-state index contributed by atoms with van der Waals surface area (Å²) in [5, 5.41) is 9.63. The van der Waals surface area contributed by atoms with Gasteiger partial charge in [0.05, 0.1) is 23.4 Å². The number of carbonyl (C=O) groups excluding carboxylic acids is 1. The number of rotatable bonds is 10. The summed E-state index contributed by atoms with van der Waals surface area (Å²) in [6.45, 7) is 6.06. The average molecular weight is 581 g/mol. The van der Waals surface area contributed by atoms with Crippen LogP contribution in [-0.4, -0.2) is 54.6 Å². The van der Waals surface area contributed by atoms with Gasteiger partial charge in [-0.15, -0.1) is 5.10 Å². The van der Waals surface area contributed by atoms with Gasteiger partial charge in [0.1, 0.15) is 24.3 Å². The number of methoxy groups -OCH3 is 1. The molecule has 1 atom stereocenters. The van der Waals surface area contributed by atoms with E-state index in [1.54, 1.807) is 45.0 Å². The first-order chi connectivity index (χ1) is 19.4. The van der Waals surface area contributed by atoms with E-state index in [1.165, 1.54) is 11.8 Å².